The largest absolute Gasteiger partial charge is 0.481 e. The van der Waals surface area contributed by atoms with Gasteiger partial charge in [-0.1, -0.05) is 12.1 Å². The van der Waals surface area contributed by atoms with Crippen molar-refractivity contribution in [3.05, 3.63) is 54.1 Å². The second kappa shape index (κ2) is 7.58. The van der Waals surface area contributed by atoms with E-state index in [0.29, 0.717) is 11.4 Å². The van der Waals surface area contributed by atoms with Gasteiger partial charge in [-0.25, -0.2) is 0 Å². The van der Waals surface area contributed by atoms with Gasteiger partial charge in [0.25, 0.3) is 5.91 Å². The van der Waals surface area contributed by atoms with Gasteiger partial charge in [-0.3, -0.25) is 4.79 Å². The highest BCUT2D eigenvalue weighted by molar-refractivity contribution is 5.94. The lowest BCUT2D eigenvalue weighted by Crippen LogP contribution is -2.30. The van der Waals surface area contributed by atoms with Crippen molar-refractivity contribution < 1.29 is 23.0 Å². The molecule has 0 aliphatic heterocycles. The second-order valence-corrected chi connectivity index (χ2v) is 4.97. The van der Waals surface area contributed by atoms with Crippen LogP contribution in [0.4, 0.5) is 14.5 Å². The van der Waals surface area contributed by atoms with Crippen molar-refractivity contribution in [1.82, 2.24) is 0 Å². The van der Waals surface area contributed by atoms with Gasteiger partial charge in [0.15, 0.2) is 6.10 Å². The molecule has 0 radical (unpaired) electrons. The molecule has 0 heterocycles. The fourth-order valence-electron chi connectivity index (χ4n) is 1.91. The minimum Gasteiger partial charge on any atom is -0.481 e. The molecule has 1 N–H and O–H groups in total. The lowest BCUT2D eigenvalue weighted by Gasteiger charge is -2.15. The fraction of sp³-hybridized carbons (Fsp3) is 0.235. The standard InChI is InChI=1S/C17H17F2NO3/c1-11-4-3-5-15(10-11)22-12(2)16(21)20-13-6-8-14(9-7-13)23-17(18)19/h3-10,12,17H,1-2H3,(H,20,21)/t12-/m1/s1. The van der Waals surface area contributed by atoms with Crippen LogP contribution in [-0.4, -0.2) is 18.6 Å². The van der Waals surface area contributed by atoms with Crippen LogP contribution < -0.4 is 14.8 Å². The minimum atomic E-state index is -2.88. The number of amides is 1. The number of benzene rings is 2. The van der Waals surface area contributed by atoms with Gasteiger partial charge in [0.1, 0.15) is 11.5 Å². The summed E-state index contributed by atoms with van der Waals surface area (Å²) >= 11 is 0. The Hall–Kier alpha value is -2.63. The van der Waals surface area contributed by atoms with E-state index >= 15 is 0 Å². The normalized spacial score (nSPS) is 11.9. The van der Waals surface area contributed by atoms with Gasteiger partial charge >= 0.3 is 6.61 Å². The molecule has 0 saturated carbocycles. The van der Waals surface area contributed by atoms with Gasteiger partial charge in [0, 0.05) is 5.69 Å². The average molecular weight is 321 g/mol. The van der Waals surface area contributed by atoms with E-state index in [1.54, 1.807) is 13.0 Å². The van der Waals surface area contributed by atoms with E-state index in [-0.39, 0.29) is 11.7 Å². The average Bonchev–Trinajstić information content (AvgIpc) is 2.48. The quantitative estimate of drug-likeness (QED) is 0.875. The number of rotatable bonds is 6. The highest BCUT2D eigenvalue weighted by Gasteiger charge is 2.15. The Balaban J connectivity index is 1.92. The molecule has 2 aromatic rings. The molecule has 4 nitrogen and oxygen atoms in total. The summed E-state index contributed by atoms with van der Waals surface area (Å²) < 4.78 is 33.9. The van der Waals surface area contributed by atoms with Crippen LogP contribution >= 0.6 is 0 Å². The molecule has 2 aromatic carbocycles. The molecule has 1 atom stereocenters. The zero-order valence-electron chi connectivity index (χ0n) is 12.8. The lowest BCUT2D eigenvalue weighted by atomic mass is 10.2. The van der Waals surface area contributed by atoms with Crippen LogP contribution in [0.5, 0.6) is 11.5 Å². The maximum absolute atomic E-state index is 12.1. The number of alkyl halides is 2. The van der Waals surface area contributed by atoms with Crippen molar-refractivity contribution >= 4 is 11.6 Å². The summed E-state index contributed by atoms with van der Waals surface area (Å²) in [4.78, 5) is 12.1. The monoisotopic (exact) mass is 321 g/mol. The zero-order chi connectivity index (χ0) is 16.8. The van der Waals surface area contributed by atoms with Gasteiger partial charge in [-0.15, -0.1) is 0 Å². The molecule has 2 rings (SSSR count). The van der Waals surface area contributed by atoms with Gasteiger partial charge in [-0.2, -0.15) is 8.78 Å². The Morgan fingerprint density at radius 3 is 2.35 bits per heavy atom. The smallest absolute Gasteiger partial charge is 0.387 e. The molecule has 122 valence electrons. The first-order valence-corrected chi connectivity index (χ1v) is 7.03. The third-order valence-corrected chi connectivity index (χ3v) is 3.02. The molecule has 0 aromatic heterocycles. The Bertz CT molecular complexity index is 659. The highest BCUT2D eigenvalue weighted by Crippen LogP contribution is 2.19. The first-order valence-electron chi connectivity index (χ1n) is 7.03. The predicted molar refractivity (Wildman–Crippen MR) is 83.0 cm³/mol. The maximum atomic E-state index is 12.1. The maximum Gasteiger partial charge on any atom is 0.387 e. The van der Waals surface area contributed by atoms with E-state index in [2.05, 4.69) is 10.1 Å². The first kappa shape index (κ1) is 16.7. The van der Waals surface area contributed by atoms with Crippen molar-refractivity contribution in [2.75, 3.05) is 5.32 Å². The summed E-state index contributed by atoms with van der Waals surface area (Å²) in [7, 11) is 0. The van der Waals surface area contributed by atoms with Crippen LogP contribution in [0.15, 0.2) is 48.5 Å². The molecule has 1 amide bonds. The van der Waals surface area contributed by atoms with Crippen LogP contribution in [-0.2, 0) is 4.79 Å². The van der Waals surface area contributed by atoms with Gasteiger partial charge in [0.05, 0.1) is 0 Å². The third-order valence-electron chi connectivity index (χ3n) is 3.02. The molecule has 0 saturated heterocycles. The first-order chi connectivity index (χ1) is 10.9. The molecule has 0 spiro atoms. The van der Waals surface area contributed by atoms with E-state index in [0.717, 1.165) is 5.56 Å². The van der Waals surface area contributed by atoms with Crippen molar-refractivity contribution in [3.63, 3.8) is 0 Å². The van der Waals surface area contributed by atoms with E-state index < -0.39 is 12.7 Å². The summed E-state index contributed by atoms with van der Waals surface area (Å²) in [5.74, 6) is 0.296. The number of hydrogen-bond acceptors (Lipinski definition) is 3. The van der Waals surface area contributed by atoms with E-state index in [9.17, 15) is 13.6 Å². The van der Waals surface area contributed by atoms with Gasteiger partial charge in [0.2, 0.25) is 0 Å². The topological polar surface area (TPSA) is 47.6 Å². The minimum absolute atomic E-state index is 0.0297. The van der Waals surface area contributed by atoms with Gasteiger partial charge in [-0.05, 0) is 55.8 Å². The number of hydrogen-bond donors (Lipinski definition) is 1. The van der Waals surface area contributed by atoms with E-state index in [4.69, 9.17) is 4.74 Å². The molecular formula is C17H17F2NO3. The van der Waals surface area contributed by atoms with Crippen LogP contribution in [0.1, 0.15) is 12.5 Å². The summed E-state index contributed by atoms with van der Waals surface area (Å²) in [6.45, 7) is 0.685. The molecule has 0 fully saturated rings. The molecule has 0 unspecified atom stereocenters. The van der Waals surface area contributed by atoms with E-state index in [1.165, 1.54) is 24.3 Å². The SMILES string of the molecule is Cc1cccc(O[C@H](C)C(=O)Nc2ccc(OC(F)F)cc2)c1. The van der Waals surface area contributed by atoms with Crippen LogP contribution in [0.2, 0.25) is 0 Å². The second-order valence-electron chi connectivity index (χ2n) is 4.97. The Kier molecular flexibility index (Phi) is 5.51. The van der Waals surface area contributed by atoms with Gasteiger partial charge < -0.3 is 14.8 Å². The van der Waals surface area contributed by atoms with Crippen molar-refractivity contribution in [2.45, 2.75) is 26.6 Å². The Morgan fingerprint density at radius 1 is 1.04 bits per heavy atom. The van der Waals surface area contributed by atoms with Crippen molar-refractivity contribution in [2.24, 2.45) is 0 Å². The summed E-state index contributed by atoms with van der Waals surface area (Å²) in [6.07, 6.45) is -0.700. The molecule has 23 heavy (non-hydrogen) atoms. The molecule has 0 aliphatic rings. The predicted octanol–water partition coefficient (Wildman–Crippen LogP) is 4.00. The zero-order valence-corrected chi connectivity index (χ0v) is 12.8. The van der Waals surface area contributed by atoms with E-state index in [1.807, 2.05) is 25.1 Å². The molecule has 6 heteroatoms. The number of aryl methyl sites for hydroxylation is 1. The lowest BCUT2D eigenvalue weighted by molar-refractivity contribution is -0.122. The molecule has 0 bridgehead atoms. The fourth-order valence-corrected chi connectivity index (χ4v) is 1.91. The third kappa shape index (κ3) is 5.25. The number of nitrogens with one attached hydrogen (secondary N) is 1. The Labute approximate surface area is 133 Å². The number of anilines is 1. The van der Waals surface area contributed by atoms with Crippen molar-refractivity contribution in [1.29, 1.82) is 0 Å². The van der Waals surface area contributed by atoms with Crippen molar-refractivity contribution in [3.8, 4) is 11.5 Å². The summed E-state index contributed by atoms with van der Waals surface area (Å²) in [5, 5.41) is 2.65. The van der Waals surface area contributed by atoms with Crippen LogP contribution in [0, 0.1) is 6.92 Å². The number of carbonyl (C=O) groups is 1. The summed E-state index contributed by atoms with van der Waals surface area (Å²) in [6, 6.07) is 13.1. The van der Waals surface area contributed by atoms with Crippen LogP contribution in [0.25, 0.3) is 0 Å². The molecular weight excluding hydrogens is 304 g/mol. The highest BCUT2D eigenvalue weighted by atomic mass is 19.3. The van der Waals surface area contributed by atoms with Crippen LogP contribution in [0.3, 0.4) is 0 Å². The Morgan fingerprint density at radius 2 is 1.74 bits per heavy atom. The molecule has 0 aliphatic carbocycles. The summed E-state index contributed by atoms with van der Waals surface area (Å²) in [5.41, 5.74) is 1.50. The number of ether oxygens (including phenoxy) is 2. The number of carbonyl (C=O) groups excluding carboxylic acids is 1. The number of halogens is 2.